The number of fused-ring (bicyclic) bond motifs is 1. The van der Waals surface area contributed by atoms with Crippen LogP contribution >= 0.6 is 11.3 Å². The minimum Gasteiger partial charge on any atom is -0.497 e. The first kappa shape index (κ1) is 22.7. The molecule has 0 spiro atoms. The van der Waals surface area contributed by atoms with E-state index >= 15 is 0 Å². The van der Waals surface area contributed by atoms with Gasteiger partial charge in [0.1, 0.15) is 17.4 Å². The number of ether oxygens (including phenoxy) is 1. The summed E-state index contributed by atoms with van der Waals surface area (Å²) in [6, 6.07) is 22.2. The van der Waals surface area contributed by atoms with Gasteiger partial charge in [-0.25, -0.2) is 4.98 Å². The van der Waals surface area contributed by atoms with Gasteiger partial charge in [0.25, 0.3) is 5.91 Å². The number of aromatic nitrogens is 1. The van der Waals surface area contributed by atoms with Crippen LogP contribution < -0.4 is 15.0 Å². The molecule has 8 heteroatoms. The van der Waals surface area contributed by atoms with Crippen LogP contribution in [0.1, 0.15) is 12.6 Å². The molecule has 0 saturated carbocycles. The lowest BCUT2D eigenvalue weighted by Gasteiger charge is -2.18. The van der Waals surface area contributed by atoms with Crippen LogP contribution in [0.4, 0.5) is 16.5 Å². The Kier molecular flexibility index (Phi) is 6.67. The van der Waals surface area contributed by atoms with E-state index in [2.05, 4.69) is 10.3 Å². The second-order valence-corrected chi connectivity index (χ2v) is 8.09. The van der Waals surface area contributed by atoms with Gasteiger partial charge in [0.15, 0.2) is 5.13 Å². The Morgan fingerprint density at radius 1 is 1.09 bits per heavy atom. The molecule has 0 atom stereocenters. The highest BCUT2D eigenvalue weighted by molar-refractivity contribution is 7.14. The molecule has 1 heterocycles. The van der Waals surface area contributed by atoms with Crippen molar-refractivity contribution in [1.82, 2.24) is 4.98 Å². The van der Waals surface area contributed by atoms with E-state index in [4.69, 9.17) is 4.74 Å². The van der Waals surface area contributed by atoms with Crippen LogP contribution in [0.25, 0.3) is 16.8 Å². The average molecular weight is 469 g/mol. The summed E-state index contributed by atoms with van der Waals surface area (Å²) < 4.78 is 5.17. The number of nitriles is 1. The fourth-order valence-electron chi connectivity index (χ4n) is 3.42. The SMILES string of the molecule is COc1ccc(N(C(C)=O)c2nc(/C=C(\C#N)C(=O)Nc3cccc4ccccc34)cs2)cc1. The minimum atomic E-state index is -0.535. The van der Waals surface area contributed by atoms with E-state index < -0.39 is 5.91 Å². The van der Waals surface area contributed by atoms with E-state index in [-0.39, 0.29) is 11.5 Å². The van der Waals surface area contributed by atoms with E-state index in [0.717, 1.165) is 10.8 Å². The fourth-order valence-corrected chi connectivity index (χ4v) is 4.27. The van der Waals surface area contributed by atoms with Gasteiger partial charge in [-0.3, -0.25) is 14.5 Å². The second kappa shape index (κ2) is 9.98. The van der Waals surface area contributed by atoms with Crippen LogP contribution in [-0.2, 0) is 9.59 Å². The number of methoxy groups -OCH3 is 1. The Morgan fingerprint density at radius 3 is 2.53 bits per heavy atom. The van der Waals surface area contributed by atoms with Crippen LogP contribution in [0, 0.1) is 11.3 Å². The molecule has 0 aliphatic rings. The molecule has 7 nitrogen and oxygen atoms in total. The van der Waals surface area contributed by atoms with Crippen molar-refractivity contribution >= 4 is 56.5 Å². The number of benzene rings is 3. The number of nitrogens with zero attached hydrogens (tertiary/aromatic N) is 3. The molecule has 2 amide bonds. The van der Waals surface area contributed by atoms with E-state index in [1.54, 1.807) is 42.8 Å². The molecule has 3 aromatic carbocycles. The molecule has 0 aliphatic heterocycles. The topological polar surface area (TPSA) is 95.3 Å². The fraction of sp³-hybridized carbons (Fsp3) is 0.0769. The predicted molar refractivity (Wildman–Crippen MR) is 134 cm³/mol. The molecule has 0 bridgehead atoms. The highest BCUT2D eigenvalue weighted by Crippen LogP contribution is 2.31. The van der Waals surface area contributed by atoms with Crippen LogP contribution in [0.3, 0.4) is 0 Å². The Hall–Kier alpha value is -4.48. The van der Waals surface area contributed by atoms with Crippen LogP contribution in [-0.4, -0.2) is 23.9 Å². The molecular weight excluding hydrogens is 448 g/mol. The number of nitrogens with one attached hydrogen (secondary N) is 1. The maximum Gasteiger partial charge on any atom is 0.266 e. The summed E-state index contributed by atoms with van der Waals surface area (Å²) in [5.74, 6) is -0.0814. The van der Waals surface area contributed by atoms with E-state index in [1.165, 1.54) is 29.2 Å². The molecule has 34 heavy (non-hydrogen) atoms. The minimum absolute atomic E-state index is 0.0939. The first-order valence-electron chi connectivity index (χ1n) is 10.3. The van der Waals surface area contributed by atoms with Gasteiger partial charge in [0.05, 0.1) is 18.5 Å². The van der Waals surface area contributed by atoms with Gasteiger partial charge < -0.3 is 10.1 Å². The summed E-state index contributed by atoms with van der Waals surface area (Å²) in [6.07, 6.45) is 1.41. The first-order valence-corrected chi connectivity index (χ1v) is 11.2. The number of hydrogen-bond donors (Lipinski definition) is 1. The third-order valence-corrected chi connectivity index (χ3v) is 5.89. The number of hydrogen-bond acceptors (Lipinski definition) is 6. The van der Waals surface area contributed by atoms with Crippen molar-refractivity contribution in [3.8, 4) is 11.8 Å². The molecule has 0 aliphatic carbocycles. The van der Waals surface area contributed by atoms with Crippen molar-refractivity contribution in [3.63, 3.8) is 0 Å². The Labute approximate surface area is 200 Å². The lowest BCUT2D eigenvalue weighted by atomic mass is 10.1. The van der Waals surface area contributed by atoms with Crippen molar-refractivity contribution in [2.45, 2.75) is 6.92 Å². The van der Waals surface area contributed by atoms with Gasteiger partial charge in [-0.2, -0.15) is 5.26 Å². The third-order valence-electron chi connectivity index (χ3n) is 5.04. The van der Waals surface area contributed by atoms with Gasteiger partial charge in [-0.05, 0) is 41.8 Å². The standard InChI is InChI=1S/C26H20N4O3S/c1-17(31)30(21-10-12-22(33-2)13-11-21)26-28-20(16-34-26)14-19(15-27)25(32)29-24-9-5-7-18-6-3-4-8-23(18)24/h3-14,16H,1-2H3,(H,29,32)/b19-14+. The van der Waals surface area contributed by atoms with Gasteiger partial charge in [-0.1, -0.05) is 36.4 Å². The zero-order valence-electron chi connectivity index (χ0n) is 18.5. The number of thiazole rings is 1. The van der Waals surface area contributed by atoms with Gasteiger partial charge in [0.2, 0.25) is 5.91 Å². The summed E-state index contributed by atoms with van der Waals surface area (Å²) in [5.41, 5.74) is 1.56. The summed E-state index contributed by atoms with van der Waals surface area (Å²) in [6.45, 7) is 1.44. The molecule has 0 fully saturated rings. The third kappa shape index (κ3) is 4.80. The Bertz CT molecular complexity index is 1430. The Morgan fingerprint density at radius 2 is 1.82 bits per heavy atom. The van der Waals surface area contributed by atoms with Crippen LogP contribution in [0.15, 0.2) is 77.7 Å². The molecular formula is C26H20N4O3S. The molecule has 0 radical (unpaired) electrons. The molecule has 1 N–H and O–H groups in total. The summed E-state index contributed by atoms with van der Waals surface area (Å²) in [5, 5.41) is 16.4. The first-order chi connectivity index (χ1) is 16.5. The Balaban J connectivity index is 1.59. The van der Waals surface area contributed by atoms with Gasteiger partial charge in [-0.15, -0.1) is 11.3 Å². The zero-order chi connectivity index (χ0) is 24.1. The number of amides is 2. The molecule has 0 saturated heterocycles. The maximum absolute atomic E-state index is 12.8. The lowest BCUT2D eigenvalue weighted by Crippen LogP contribution is -2.22. The van der Waals surface area contributed by atoms with E-state index in [1.807, 2.05) is 42.5 Å². The van der Waals surface area contributed by atoms with Crippen LogP contribution in [0.2, 0.25) is 0 Å². The van der Waals surface area contributed by atoms with Crippen molar-refractivity contribution in [2.75, 3.05) is 17.3 Å². The summed E-state index contributed by atoms with van der Waals surface area (Å²) in [7, 11) is 1.57. The highest BCUT2D eigenvalue weighted by atomic mass is 32.1. The quantitative estimate of drug-likeness (QED) is 0.296. The number of carbonyl (C=O) groups excluding carboxylic acids is 2. The van der Waals surface area contributed by atoms with Gasteiger partial charge >= 0.3 is 0 Å². The molecule has 4 rings (SSSR count). The second-order valence-electron chi connectivity index (χ2n) is 7.26. The normalized spacial score (nSPS) is 11.0. The van der Waals surface area contributed by atoms with Crippen molar-refractivity contribution < 1.29 is 14.3 Å². The zero-order valence-corrected chi connectivity index (χ0v) is 19.3. The number of rotatable bonds is 6. The monoisotopic (exact) mass is 468 g/mol. The van der Waals surface area contributed by atoms with E-state index in [9.17, 15) is 14.9 Å². The van der Waals surface area contributed by atoms with Crippen molar-refractivity contribution in [2.24, 2.45) is 0 Å². The highest BCUT2D eigenvalue weighted by Gasteiger charge is 2.19. The lowest BCUT2D eigenvalue weighted by molar-refractivity contribution is -0.116. The smallest absolute Gasteiger partial charge is 0.266 e. The predicted octanol–water partition coefficient (Wildman–Crippen LogP) is 5.54. The largest absolute Gasteiger partial charge is 0.497 e. The molecule has 4 aromatic rings. The molecule has 1 aromatic heterocycles. The van der Waals surface area contributed by atoms with E-state index in [0.29, 0.717) is 27.9 Å². The van der Waals surface area contributed by atoms with Crippen molar-refractivity contribution in [3.05, 3.63) is 83.4 Å². The molecule has 168 valence electrons. The van der Waals surface area contributed by atoms with Gasteiger partial charge in [0, 0.05) is 23.4 Å². The van der Waals surface area contributed by atoms with Crippen LogP contribution in [0.5, 0.6) is 5.75 Å². The molecule has 0 unspecified atom stereocenters. The number of carbonyl (C=O) groups is 2. The average Bonchev–Trinajstić information content (AvgIpc) is 3.31. The van der Waals surface area contributed by atoms with Crippen molar-refractivity contribution in [1.29, 1.82) is 5.26 Å². The summed E-state index contributed by atoms with van der Waals surface area (Å²) >= 11 is 1.24. The summed E-state index contributed by atoms with van der Waals surface area (Å²) in [4.78, 5) is 31.1. The number of anilines is 3. The maximum atomic E-state index is 12.8.